The van der Waals surface area contributed by atoms with E-state index < -0.39 is 35.1 Å². The molecule has 0 aliphatic carbocycles. The van der Waals surface area contributed by atoms with Crippen LogP contribution < -0.4 is 10.2 Å². The summed E-state index contributed by atoms with van der Waals surface area (Å²) < 4.78 is 0. The summed E-state index contributed by atoms with van der Waals surface area (Å²) in [6.45, 7) is 0.685. The van der Waals surface area contributed by atoms with Crippen molar-refractivity contribution < 1.29 is 24.0 Å². The van der Waals surface area contributed by atoms with Crippen molar-refractivity contribution in [3.05, 3.63) is 34.9 Å². The van der Waals surface area contributed by atoms with E-state index in [9.17, 15) is 24.0 Å². The Balaban J connectivity index is 1.60. The summed E-state index contributed by atoms with van der Waals surface area (Å²) in [6, 6.07) is 4.51. The molecule has 4 aliphatic heterocycles. The molecule has 0 unspecified atom stereocenters. The number of carbonyl (C=O) groups excluding carboxylic acids is 5. The summed E-state index contributed by atoms with van der Waals surface area (Å²) in [5, 5.41) is 2.52. The Bertz CT molecular complexity index is 1220. The number of amides is 6. The van der Waals surface area contributed by atoms with Gasteiger partial charge in [0.2, 0.25) is 11.8 Å². The molecule has 4 heterocycles. The van der Waals surface area contributed by atoms with Gasteiger partial charge in [-0.05, 0) is 60.8 Å². The number of likely N-dealkylation sites (N-methyl/N-ethyl adjacent to an activating group) is 1. The van der Waals surface area contributed by atoms with E-state index in [0.717, 1.165) is 27.5 Å². The number of thiocarbonyl (C=S) groups is 1. The predicted molar refractivity (Wildman–Crippen MR) is 125 cm³/mol. The highest BCUT2D eigenvalue weighted by atomic mass is 32.1. The first-order valence-electron chi connectivity index (χ1n) is 10.9. The molecule has 5 rings (SSSR count). The lowest BCUT2D eigenvalue weighted by atomic mass is 9.68. The molecule has 3 saturated heterocycles. The largest absolute Gasteiger partial charge is 0.367 e. The molecule has 1 aromatic rings. The molecule has 0 radical (unpaired) electrons. The third kappa shape index (κ3) is 2.86. The zero-order valence-electron chi connectivity index (χ0n) is 19.0. The van der Waals surface area contributed by atoms with Crippen LogP contribution in [-0.2, 0) is 25.6 Å². The number of rotatable bonds is 1. The summed E-state index contributed by atoms with van der Waals surface area (Å²) in [4.78, 5) is 69.6. The molecule has 0 bridgehead atoms. The first-order valence-corrected chi connectivity index (χ1v) is 11.3. The molecule has 1 N–H and O–H groups in total. The maximum atomic E-state index is 13.5. The Hall–Kier alpha value is -3.60. The fraction of sp³-hybridized carbons (Fsp3) is 0.391. The molecule has 0 saturated carbocycles. The molecule has 0 aromatic heterocycles. The molecule has 1 atom stereocenters. The SMILES string of the molecule is CN1C(=O)N(C)C(=O)C2(Cc3cc(/C=C4/C(=O)NC(=S)N(C)C4=O)ccc3N3CCC[C@H]32)C1=O. The first-order chi connectivity index (χ1) is 16.1. The molecule has 1 spiro atoms. The molecule has 6 amide bonds. The molecular formula is C23H23N5O5S. The third-order valence-electron chi connectivity index (χ3n) is 7.27. The van der Waals surface area contributed by atoms with Gasteiger partial charge in [-0.15, -0.1) is 0 Å². The second-order valence-electron chi connectivity index (χ2n) is 9.08. The Labute approximate surface area is 201 Å². The number of nitrogens with one attached hydrogen (secondary N) is 1. The van der Waals surface area contributed by atoms with E-state index in [0.29, 0.717) is 18.5 Å². The number of anilines is 1. The monoisotopic (exact) mass is 481 g/mol. The van der Waals surface area contributed by atoms with Gasteiger partial charge in [0.15, 0.2) is 10.5 Å². The number of fused-ring (bicyclic) bond motifs is 4. The number of imide groups is 2. The Kier molecular flexibility index (Phi) is 4.87. The zero-order valence-corrected chi connectivity index (χ0v) is 19.8. The number of nitrogens with zero attached hydrogens (tertiary/aromatic N) is 4. The van der Waals surface area contributed by atoms with E-state index in [1.807, 2.05) is 6.07 Å². The summed E-state index contributed by atoms with van der Waals surface area (Å²) in [7, 11) is 4.29. The van der Waals surface area contributed by atoms with Gasteiger partial charge in [-0.25, -0.2) is 4.79 Å². The Morgan fingerprint density at radius 2 is 1.71 bits per heavy atom. The molecule has 176 valence electrons. The second kappa shape index (κ2) is 7.45. The highest BCUT2D eigenvalue weighted by molar-refractivity contribution is 7.80. The van der Waals surface area contributed by atoms with Crippen molar-refractivity contribution in [2.45, 2.75) is 25.3 Å². The molecule has 11 heteroatoms. The van der Waals surface area contributed by atoms with Crippen LogP contribution in [0.5, 0.6) is 0 Å². The molecule has 10 nitrogen and oxygen atoms in total. The molecule has 4 aliphatic rings. The Morgan fingerprint density at radius 1 is 1.03 bits per heavy atom. The first kappa shape index (κ1) is 22.2. The summed E-state index contributed by atoms with van der Waals surface area (Å²) >= 11 is 4.99. The van der Waals surface area contributed by atoms with Crippen molar-refractivity contribution in [2.75, 3.05) is 32.6 Å². The molecule has 3 fully saturated rings. The average Bonchev–Trinajstić information content (AvgIpc) is 3.32. The number of carbonyl (C=O) groups is 5. The van der Waals surface area contributed by atoms with Crippen LogP contribution in [0.15, 0.2) is 23.8 Å². The van der Waals surface area contributed by atoms with Crippen LogP contribution in [0, 0.1) is 5.41 Å². The van der Waals surface area contributed by atoms with Crippen LogP contribution in [0.3, 0.4) is 0 Å². The van der Waals surface area contributed by atoms with E-state index in [-0.39, 0.29) is 23.1 Å². The normalized spacial score (nSPS) is 25.4. The van der Waals surface area contributed by atoms with Crippen LogP contribution in [0.2, 0.25) is 0 Å². The van der Waals surface area contributed by atoms with Gasteiger partial charge < -0.3 is 4.90 Å². The average molecular weight is 482 g/mol. The summed E-state index contributed by atoms with van der Waals surface area (Å²) in [5.74, 6) is -2.09. The molecule has 1 aromatic carbocycles. The van der Waals surface area contributed by atoms with E-state index in [1.54, 1.807) is 12.1 Å². The topological polar surface area (TPSA) is 110 Å². The lowest BCUT2D eigenvalue weighted by molar-refractivity contribution is -0.159. The van der Waals surface area contributed by atoms with Gasteiger partial charge in [-0.2, -0.15) is 0 Å². The Morgan fingerprint density at radius 3 is 2.38 bits per heavy atom. The van der Waals surface area contributed by atoms with Gasteiger partial charge in [0.25, 0.3) is 11.8 Å². The van der Waals surface area contributed by atoms with Gasteiger partial charge in [-0.1, -0.05) is 6.07 Å². The standard InChI is InChI=1S/C23H23N5O5S/c1-25-18(30)14(17(29)24-21(25)34)10-12-6-7-15-13(9-12)11-23(16-5-4-8-28(15)16)19(31)26(2)22(33)27(3)20(23)32/h6-7,9-10,16H,4-5,8,11H2,1-3H3,(H,24,29,34)/b14-10-/t16-/m0/s1. The maximum absolute atomic E-state index is 13.5. The fourth-order valence-electron chi connectivity index (χ4n) is 5.54. The van der Waals surface area contributed by atoms with E-state index >= 15 is 0 Å². The quantitative estimate of drug-likeness (QED) is 0.269. The zero-order chi connectivity index (χ0) is 24.5. The van der Waals surface area contributed by atoms with Gasteiger partial charge in [-0.3, -0.25) is 39.2 Å². The van der Waals surface area contributed by atoms with Gasteiger partial charge >= 0.3 is 6.03 Å². The lowest BCUT2D eigenvalue weighted by Gasteiger charge is -2.50. The number of barbiturate groups is 1. The predicted octanol–water partition coefficient (Wildman–Crippen LogP) is 0.505. The smallest absolute Gasteiger partial charge is 0.332 e. The number of benzene rings is 1. The minimum absolute atomic E-state index is 0.0386. The van der Waals surface area contributed by atoms with Crippen molar-refractivity contribution in [1.82, 2.24) is 20.0 Å². The summed E-state index contributed by atoms with van der Waals surface area (Å²) in [6.07, 6.45) is 3.09. The van der Waals surface area contributed by atoms with E-state index in [2.05, 4.69) is 10.2 Å². The summed E-state index contributed by atoms with van der Waals surface area (Å²) in [5.41, 5.74) is 0.779. The fourth-order valence-corrected chi connectivity index (χ4v) is 5.72. The molecular weight excluding hydrogens is 458 g/mol. The van der Waals surface area contributed by atoms with Gasteiger partial charge in [0.05, 0.1) is 6.04 Å². The van der Waals surface area contributed by atoms with Crippen LogP contribution in [0.4, 0.5) is 10.5 Å². The number of urea groups is 1. The van der Waals surface area contributed by atoms with Gasteiger partial charge in [0.1, 0.15) is 5.57 Å². The van der Waals surface area contributed by atoms with Crippen LogP contribution in [0.1, 0.15) is 24.0 Å². The highest BCUT2D eigenvalue weighted by Crippen LogP contribution is 2.49. The van der Waals surface area contributed by atoms with Crippen molar-refractivity contribution in [2.24, 2.45) is 5.41 Å². The minimum Gasteiger partial charge on any atom is -0.367 e. The van der Waals surface area contributed by atoms with Crippen LogP contribution in [-0.4, -0.2) is 83.2 Å². The van der Waals surface area contributed by atoms with Crippen LogP contribution >= 0.6 is 12.2 Å². The minimum atomic E-state index is -1.41. The second-order valence-corrected chi connectivity index (χ2v) is 9.47. The third-order valence-corrected chi connectivity index (χ3v) is 7.64. The van der Waals surface area contributed by atoms with Crippen molar-refractivity contribution in [3.63, 3.8) is 0 Å². The number of hydrogen-bond donors (Lipinski definition) is 1. The van der Waals surface area contributed by atoms with Gasteiger partial charge in [0, 0.05) is 33.4 Å². The maximum Gasteiger partial charge on any atom is 0.332 e. The van der Waals surface area contributed by atoms with Crippen LogP contribution in [0.25, 0.3) is 6.08 Å². The lowest BCUT2D eigenvalue weighted by Crippen LogP contribution is -2.70. The van der Waals surface area contributed by atoms with E-state index in [1.165, 1.54) is 32.1 Å². The van der Waals surface area contributed by atoms with Crippen molar-refractivity contribution in [1.29, 1.82) is 0 Å². The van der Waals surface area contributed by atoms with E-state index in [4.69, 9.17) is 12.2 Å². The van der Waals surface area contributed by atoms with Crippen molar-refractivity contribution >= 4 is 58.8 Å². The highest BCUT2D eigenvalue weighted by Gasteiger charge is 2.63. The molecule has 34 heavy (non-hydrogen) atoms. The van der Waals surface area contributed by atoms with Crippen molar-refractivity contribution in [3.8, 4) is 0 Å². The number of hydrogen-bond acceptors (Lipinski definition) is 7.